The van der Waals surface area contributed by atoms with Crippen LogP contribution in [0.15, 0.2) is 64.2 Å². The zero-order valence-corrected chi connectivity index (χ0v) is 15.4. The summed E-state index contributed by atoms with van der Waals surface area (Å²) in [5, 5.41) is 4.14. The van der Waals surface area contributed by atoms with Gasteiger partial charge in [0.2, 0.25) is 5.91 Å². The number of hydrogen-bond acceptors (Lipinski definition) is 4. The normalized spacial score (nSPS) is 11.2. The third-order valence-electron chi connectivity index (χ3n) is 3.53. The average molecular weight is 408 g/mol. The molecule has 0 aliphatic rings. The van der Waals surface area contributed by atoms with Gasteiger partial charge in [0.1, 0.15) is 4.21 Å². The molecule has 0 fully saturated rings. The number of anilines is 2. The Morgan fingerprint density at radius 1 is 0.963 bits per heavy atom. The molecule has 1 aromatic heterocycles. The first-order valence-corrected chi connectivity index (χ1v) is 10.1. The van der Waals surface area contributed by atoms with Crippen molar-refractivity contribution in [1.82, 2.24) is 0 Å². The van der Waals surface area contributed by atoms with E-state index in [0.717, 1.165) is 23.5 Å². The Morgan fingerprint density at radius 2 is 1.67 bits per heavy atom. The van der Waals surface area contributed by atoms with Crippen molar-refractivity contribution in [1.29, 1.82) is 0 Å². The Balaban J connectivity index is 1.62. The minimum Gasteiger partial charge on any atom is -0.326 e. The van der Waals surface area contributed by atoms with E-state index in [-0.39, 0.29) is 16.3 Å². The third kappa shape index (κ3) is 4.89. The van der Waals surface area contributed by atoms with Crippen molar-refractivity contribution in [3.05, 3.63) is 77.2 Å². The fourth-order valence-corrected chi connectivity index (χ4v) is 4.33. The molecule has 9 heteroatoms. The fraction of sp³-hybridized carbons (Fsp3) is 0.0556. The van der Waals surface area contributed by atoms with E-state index < -0.39 is 27.6 Å². The highest BCUT2D eigenvalue weighted by molar-refractivity contribution is 7.94. The lowest BCUT2D eigenvalue weighted by molar-refractivity contribution is -0.115. The van der Waals surface area contributed by atoms with Crippen LogP contribution >= 0.6 is 11.3 Å². The highest BCUT2D eigenvalue weighted by Crippen LogP contribution is 2.21. The molecule has 0 atom stereocenters. The van der Waals surface area contributed by atoms with E-state index in [1.807, 2.05) is 0 Å². The van der Waals surface area contributed by atoms with Crippen molar-refractivity contribution >= 4 is 38.6 Å². The molecule has 0 radical (unpaired) electrons. The average Bonchev–Trinajstić information content (AvgIpc) is 3.15. The van der Waals surface area contributed by atoms with Crippen LogP contribution in [0.25, 0.3) is 0 Å². The number of rotatable bonds is 6. The first-order valence-electron chi connectivity index (χ1n) is 7.74. The third-order valence-corrected chi connectivity index (χ3v) is 6.31. The second kappa shape index (κ2) is 7.85. The van der Waals surface area contributed by atoms with Gasteiger partial charge in [-0.05, 0) is 41.3 Å². The Labute approximate surface area is 158 Å². The van der Waals surface area contributed by atoms with Gasteiger partial charge in [-0.2, -0.15) is 0 Å². The maximum Gasteiger partial charge on any atom is 0.271 e. The molecule has 0 saturated heterocycles. The summed E-state index contributed by atoms with van der Waals surface area (Å²) < 4.78 is 53.0. The molecule has 3 rings (SSSR count). The van der Waals surface area contributed by atoms with Gasteiger partial charge < -0.3 is 5.32 Å². The van der Waals surface area contributed by atoms with Crippen LogP contribution in [-0.4, -0.2) is 14.3 Å². The Hall–Kier alpha value is -2.78. The van der Waals surface area contributed by atoms with Crippen molar-refractivity contribution in [2.24, 2.45) is 0 Å². The van der Waals surface area contributed by atoms with E-state index >= 15 is 0 Å². The minimum atomic E-state index is -3.63. The summed E-state index contributed by atoms with van der Waals surface area (Å²) in [4.78, 5) is 12.0. The number of thiophene rings is 1. The zero-order valence-electron chi connectivity index (χ0n) is 13.8. The van der Waals surface area contributed by atoms with Crippen LogP contribution < -0.4 is 10.0 Å². The van der Waals surface area contributed by atoms with Crippen molar-refractivity contribution in [3.8, 4) is 0 Å². The van der Waals surface area contributed by atoms with E-state index in [4.69, 9.17) is 0 Å². The van der Waals surface area contributed by atoms with Gasteiger partial charge in [-0.25, -0.2) is 17.2 Å². The zero-order chi connectivity index (χ0) is 19.4. The predicted molar refractivity (Wildman–Crippen MR) is 100 cm³/mol. The molecule has 140 valence electrons. The van der Waals surface area contributed by atoms with Crippen LogP contribution in [0.2, 0.25) is 0 Å². The second-order valence-electron chi connectivity index (χ2n) is 5.59. The van der Waals surface area contributed by atoms with Crippen LogP contribution in [0.4, 0.5) is 20.2 Å². The molecular formula is C18H14F2N2O3S2. The molecule has 0 unspecified atom stereocenters. The Bertz CT molecular complexity index is 1050. The van der Waals surface area contributed by atoms with Crippen LogP contribution in [0, 0.1) is 11.6 Å². The summed E-state index contributed by atoms with van der Waals surface area (Å²) in [6.07, 6.45) is -0.00303. The number of hydrogen-bond donors (Lipinski definition) is 2. The molecule has 0 bridgehead atoms. The van der Waals surface area contributed by atoms with Gasteiger partial charge in [0, 0.05) is 17.4 Å². The topological polar surface area (TPSA) is 75.3 Å². The quantitative estimate of drug-likeness (QED) is 0.647. The number of benzene rings is 2. The number of nitrogens with one attached hydrogen (secondary N) is 2. The van der Waals surface area contributed by atoms with E-state index in [0.29, 0.717) is 11.3 Å². The minimum absolute atomic E-state index is 0.00303. The van der Waals surface area contributed by atoms with Gasteiger partial charge >= 0.3 is 0 Å². The fourth-order valence-electron chi connectivity index (χ4n) is 2.28. The van der Waals surface area contributed by atoms with Crippen LogP contribution in [-0.2, 0) is 21.2 Å². The molecule has 1 amide bonds. The maximum atomic E-state index is 13.2. The van der Waals surface area contributed by atoms with E-state index in [2.05, 4.69) is 10.0 Å². The summed E-state index contributed by atoms with van der Waals surface area (Å²) in [6.45, 7) is 0. The Kier molecular flexibility index (Phi) is 5.52. The summed E-state index contributed by atoms with van der Waals surface area (Å²) in [5.74, 6) is -2.45. The number of carbonyl (C=O) groups excluding carboxylic acids is 1. The van der Waals surface area contributed by atoms with Crippen molar-refractivity contribution < 1.29 is 22.0 Å². The van der Waals surface area contributed by atoms with E-state index in [9.17, 15) is 22.0 Å². The number of carbonyl (C=O) groups is 1. The molecular weight excluding hydrogens is 394 g/mol. The number of halogens is 2. The largest absolute Gasteiger partial charge is 0.326 e. The highest BCUT2D eigenvalue weighted by Gasteiger charge is 2.15. The first kappa shape index (κ1) is 19.0. The molecule has 1 heterocycles. The Morgan fingerprint density at radius 3 is 2.30 bits per heavy atom. The van der Waals surface area contributed by atoms with E-state index in [1.165, 1.54) is 12.1 Å². The van der Waals surface area contributed by atoms with Gasteiger partial charge in [-0.3, -0.25) is 9.52 Å². The summed E-state index contributed by atoms with van der Waals surface area (Å²) >= 11 is 1.11. The standard InChI is InChI=1S/C18H14F2N2O3S2/c19-15-8-7-14(11-16(15)20)21-17(23)10-12-3-5-13(6-4-12)22-27(24,25)18-2-1-9-26-18/h1-9,11,22H,10H2,(H,21,23). The van der Waals surface area contributed by atoms with Crippen molar-refractivity contribution in [2.75, 3.05) is 10.0 Å². The smallest absolute Gasteiger partial charge is 0.271 e. The van der Waals surface area contributed by atoms with Gasteiger partial charge in [0.25, 0.3) is 10.0 Å². The summed E-state index contributed by atoms with van der Waals surface area (Å²) in [5.41, 5.74) is 1.15. The molecule has 27 heavy (non-hydrogen) atoms. The van der Waals surface area contributed by atoms with Gasteiger partial charge in [0.15, 0.2) is 11.6 Å². The van der Waals surface area contributed by atoms with Gasteiger partial charge in [-0.15, -0.1) is 11.3 Å². The van der Waals surface area contributed by atoms with Crippen molar-refractivity contribution in [2.45, 2.75) is 10.6 Å². The molecule has 3 aromatic rings. The molecule has 0 aliphatic carbocycles. The van der Waals surface area contributed by atoms with Crippen molar-refractivity contribution in [3.63, 3.8) is 0 Å². The molecule has 2 aromatic carbocycles. The molecule has 0 saturated carbocycles. The number of sulfonamides is 1. The lowest BCUT2D eigenvalue weighted by Crippen LogP contribution is -2.15. The van der Waals surface area contributed by atoms with Crippen LogP contribution in [0.3, 0.4) is 0 Å². The summed E-state index contributed by atoms with van der Waals surface area (Å²) in [6, 6.07) is 12.6. The summed E-state index contributed by atoms with van der Waals surface area (Å²) in [7, 11) is -3.63. The molecule has 2 N–H and O–H groups in total. The molecule has 5 nitrogen and oxygen atoms in total. The molecule has 0 aliphatic heterocycles. The monoisotopic (exact) mass is 408 g/mol. The molecule has 0 spiro atoms. The van der Waals surface area contributed by atoms with Gasteiger partial charge in [0.05, 0.1) is 6.42 Å². The van der Waals surface area contributed by atoms with Crippen LogP contribution in [0.5, 0.6) is 0 Å². The predicted octanol–water partition coefficient (Wildman–Crippen LogP) is 4.01. The SMILES string of the molecule is O=C(Cc1ccc(NS(=O)(=O)c2cccs2)cc1)Nc1ccc(F)c(F)c1. The van der Waals surface area contributed by atoms with Crippen LogP contribution in [0.1, 0.15) is 5.56 Å². The number of amides is 1. The van der Waals surface area contributed by atoms with Gasteiger partial charge in [-0.1, -0.05) is 18.2 Å². The lowest BCUT2D eigenvalue weighted by atomic mass is 10.1. The maximum absolute atomic E-state index is 13.2. The first-order chi connectivity index (χ1) is 12.8. The highest BCUT2D eigenvalue weighted by atomic mass is 32.2. The lowest BCUT2D eigenvalue weighted by Gasteiger charge is -2.08. The van der Waals surface area contributed by atoms with E-state index in [1.54, 1.807) is 35.7 Å². The second-order valence-corrected chi connectivity index (χ2v) is 8.45.